The Bertz CT molecular complexity index is 605. The van der Waals surface area contributed by atoms with E-state index in [9.17, 15) is 0 Å². The molecule has 112 valence electrons. The number of hydrogen-bond acceptors (Lipinski definition) is 2. The van der Waals surface area contributed by atoms with Gasteiger partial charge in [0.1, 0.15) is 11.5 Å². The molecule has 0 saturated carbocycles. The van der Waals surface area contributed by atoms with Crippen LogP contribution in [0, 0.1) is 3.57 Å². The van der Waals surface area contributed by atoms with Crippen molar-refractivity contribution in [2.75, 3.05) is 0 Å². The van der Waals surface area contributed by atoms with Gasteiger partial charge in [0.25, 0.3) is 0 Å². The molecule has 21 heavy (non-hydrogen) atoms. The van der Waals surface area contributed by atoms with E-state index in [2.05, 4.69) is 70.7 Å². The zero-order chi connectivity index (χ0) is 15.5. The van der Waals surface area contributed by atoms with Gasteiger partial charge in [-0.05, 0) is 79.8 Å². The van der Waals surface area contributed by atoms with Crippen LogP contribution in [0.2, 0.25) is 0 Å². The molecule has 0 bridgehead atoms. The van der Waals surface area contributed by atoms with Crippen molar-refractivity contribution in [3.63, 3.8) is 0 Å². The van der Waals surface area contributed by atoms with Gasteiger partial charge in [0.15, 0.2) is 0 Å². The first-order valence-electron chi connectivity index (χ1n) is 6.80. The molecule has 4 heteroatoms. The quantitative estimate of drug-likeness (QED) is 0.589. The molecular formula is C17H19BrINO. The maximum atomic E-state index is 6.04. The molecular weight excluding hydrogens is 441 g/mol. The fourth-order valence-electron chi connectivity index (χ4n) is 1.76. The van der Waals surface area contributed by atoms with Crippen molar-refractivity contribution in [3.8, 4) is 11.5 Å². The third-order valence-electron chi connectivity index (χ3n) is 2.88. The van der Waals surface area contributed by atoms with E-state index in [0.29, 0.717) is 0 Å². The molecule has 2 aromatic rings. The molecule has 0 aliphatic rings. The number of ether oxygens (including phenoxy) is 1. The summed E-state index contributed by atoms with van der Waals surface area (Å²) < 4.78 is 8.25. The average Bonchev–Trinajstić information content (AvgIpc) is 2.39. The zero-order valence-electron chi connectivity index (χ0n) is 12.4. The Balaban J connectivity index is 2.20. The molecule has 0 heterocycles. The lowest BCUT2D eigenvalue weighted by molar-refractivity contribution is 0.414. The van der Waals surface area contributed by atoms with Gasteiger partial charge in [0.2, 0.25) is 0 Å². The number of nitrogens with one attached hydrogen (secondary N) is 1. The lowest BCUT2D eigenvalue weighted by Gasteiger charge is -2.21. The van der Waals surface area contributed by atoms with Crippen LogP contribution in [0.15, 0.2) is 46.9 Å². The number of rotatable bonds is 4. The topological polar surface area (TPSA) is 21.3 Å². The SMILES string of the molecule is CC(C)(C)NCc1ccc(Br)cc1Oc1ccc(I)cc1. The standard InChI is InChI=1S/C17H19BrINO/c1-17(2,3)20-11-12-4-5-13(18)10-16(12)21-15-8-6-14(19)7-9-15/h4-10,20H,11H2,1-3H3. The minimum absolute atomic E-state index is 0.0766. The third-order valence-corrected chi connectivity index (χ3v) is 4.09. The van der Waals surface area contributed by atoms with Crippen molar-refractivity contribution in [2.24, 2.45) is 0 Å². The number of benzene rings is 2. The zero-order valence-corrected chi connectivity index (χ0v) is 16.2. The second kappa shape index (κ2) is 7.11. The molecule has 0 fully saturated rings. The summed E-state index contributed by atoms with van der Waals surface area (Å²) in [6.07, 6.45) is 0. The van der Waals surface area contributed by atoms with Crippen LogP contribution in [-0.2, 0) is 6.54 Å². The van der Waals surface area contributed by atoms with Crippen LogP contribution in [0.25, 0.3) is 0 Å². The molecule has 0 atom stereocenters. The minimum atomic E-state index is 0.0766. The summed E-state index contributed by atoms with van der Waals surface area (Å²) in [6.45, 7) is 7.25. The van der Waals surface area contributed by atoms with Gasteiger partial charge in [-0.2, -0.15) is 0 Å². The van der Waals surface area contributed by atoms with Crippen LogP contribution in [-0.4, -0.2) is 5.54 Å². The molecule has 0 aromatic heterocycles. The van der Waals surface area contributed by atoms with Crippen molar-refractivity contribution in [2.45, 2.75) is 32.9 Å². The van der Waals surface area contributed by atoms with E-state index in [1.165, 1.54) is 3.57 Å². The summed E-state index contributed by atoms with van der Waals surface area (Å²) in [5.74, 6) is 1.73. The predicted molar refractivity (Wildman–Crippen MR) is 100.0 cm³/mol. The van der Waals surface area contributed by atoms with E-state index >= 15 is 0 Å². The molecule has 0 spiro atoms. The highest BCUT2D eigenvalue weighted by Gasteiger charge is 2.12. The average molecular weight is 460 g/mol. The summed E-state index contributed by atoms with van der Waals surface area (Å²) in [5.41, 5.74) is 1.22. The summed E-state index contributed by atoms with van der Waals surface area (Å²) in [6, 6.07) is 14.2. The van der Waals surface area contributed by atoms with Crippen LogP contribution in [0.1, 0.15) is 26.3 Å². The second-order valence-corrected chi connectivity index (χ2v) is 8.07. The fourth-order valence-corrected chi connectivity index (χ4v) is 2.46. The Morgan fingerprint density at radius 1 is 1.10 bits per heavy atom. The van der Waals surface area contributed by atoms with Gasteiger partial charge < -0.3 is 10.1 Å². The van der Waals surface area contributed by atoms with Crippen LogP contribution in [0.4, 0.5) is 0 Å². The van der Waals surface area contributed by atoms with Crippen LogP contribution < -0.4 is 10.1 Å². The lowest BCUT2D eigenvalue weighted by atomic mass is 10.1. The summed E-state index contributed by atoms with van der Waals surface area (Å²) in [5, 5.41) is 3.50. The Morgan fingerprint density at radius 2 is 1.76 bits per heavy atom. The molecule has 2 aromatic carbocycles. The Labute approximate surface area is 148 Å². The maximum absolute atomic E-state index is 6.04. The monoisotopic (exact) mass is 459 g/mol. The van der Waals surface area contributed by atoms with Crippen molar-refractivity contribution in [1.82, 2.24) is 5.32 Å². The van der Waals surface area contributed by atoms with E-state index in [4.69, 9.17) is 4.74 Å². The lowest BCUT2D eigenvalue weighted by Crippen LogP contribution is -2.35. The smallest absolute Gasteiger partial charge is 0.133 e. The van der Waals surface area contributed by atoms with Gasteiger partial charge in [-0.1, -0.05) is 22.0 Å². The highest BCUT2D eigenvalue weighted by Crippen LogP contribution is 2.29. The largest absolute Gasteiger partial charge is 0.457 e. The van der Waals surface area contributed by atoms with Crippen LogP contribution in [0.3, 0.4) is 0 Å². The van der Waals surface area contributed by atoms with E-state index < -0.39 is 0 Å². The van der Waals surface area contributed by atoms with Crippen molar-refractivity contribution < 1.29 is 4.74 Å². The first-order chi connectivity index (χ1) is 9.83. The molecule has 0 radical (unpaired) electrons. The van der Waals surface area contributed by atoms with Crippen molar-refractivity contribution in [1.29, 1.82) is 0 Å². The molecule has 0 unspecified atom stereocenters. The maximum Gasteiger partial charge on any atom is 0.133 e. The van der Waals surface area contributed by atoms with Crippen LogP contribution >= 0.6 is 38.5 Å². The van der Waals surface area contributed by atoms with Gasteiger partial charge in [-0.25, -0.2) is 0 Å². The third kappa shape index (κ3) is 5.60. The van der Waals surface area contributed by atoms with Gasteiger partial charge in [0, 0.05) is 25.7 Å². The fraction of sp³-hybridized carbons (Fsp3) is 0.294. The number of hydrogen-bond donors (Lipinski definition) is 1. The molecule has 2 nitrogen and oxygen atoms in total. The summed E-state index contributed by atoms with van der Waals surface area (Å²) in [4.78, 5) is 0. The van der Waals surface area contributed by atoms with Gasteiger partial charge in [-0.3, -0.25) is 0 Å². The Hall–Kier alpha value is -0.590. The Kier molecular flexibility index (Phi) is 5.68. The minimum Gasteiger partial charge on any atom is -0.457 e. The first-order valence-corrected chi connectivity index (χ1v) is 8.67. The van der Waals surface area contributed by atoms with E-state index in [-0.39, 0.29) is 5.54 Å². The molecule has 0 amide bonds. The summed E-state index contributed by atoms with van der Waals surface area (Å²) >= 11 is 5.80. The predicted octanol–water partition coefficient (Wildman–Crippen LogP) is 5.73. The molecule has 2 rings (SSSR count). The van der Waals surface area contributed by atoms with E-state index in [0.717, 1.165) is 28.1 Å². The number of halogens is 2. The normalized spacial score (nSPS) is 11.5. The van der Waals surface area contributed by atoms with Gasteiger partial charge in [-0.15, -0.1) is 0 Å². The molecule has 0 aliphatic carbocycles. The highest BCUT2D eigenvalue weighted by atomic mass is 127. The second-order valence-electron chi connectivity index (χ2n) is 5.91. The Morgan fingerprint density at radius 3 is 2.38 bits per heavy atom. The van der Waals surface area contributed by atoms with Crippen LogP contribution in [0.5, 0.6) is 11.5 Å². The van der Waals surface area contributed by atoms with Crippen molar-refractivity contribution in [3.05, 3.63) is 56.1 Å². The van der Waals surface area contributed by atoms with Gasteiger partial charge in [0.05, 0.1) is 0 Å². The molecule has 1 N–H and O–H groups in total. The first kappa shape index (κ1) is 16.8. The summed E-state index contributed by atoms with van der Waals surface area (Å²) in [7, 11) is 0. The molecule has 0 aliphatic heterocycles. The van der Waals surface area contributed by atoms with Crippen molar-refractivity contribution >= 4 is 38.5 Å². The molecule has 0 saturated heterocycles. The van der Waals surface area contributed by atoms with Gasteiger partial charge >= 0.3 is 0 Å². The van der Waals surface area contributed by atoms with E-state index in [1.807, 2.05) is 36.4 Å². The van der Waals surface area contributed by atoms with E-state index in [1.54, 1.807) is 0 Å². The highest BCUT2D eigenvalue weighted by molar-refractivity contribution is 14.1.